The zero-order chi connectivity index (χ0) is 14.4. The van der Waals surface area contributed by atoms with Crippen molar-refractivity contribution in [2.75, 3.05) is 6.61 Å². The standard InChI is InChI=1S/C16H14BrClO2/c17-13-5-3-12(4-6-13)16(19)2-1-11-20-15-9-7-14(18)8-10-15/h3-10H,1-2,11H2. The molecule has 0 amide bonds. The van der Waals surface area contributed by atoms with E-state index in [4.69, 9.17) is 16.3 Å². The van der Waals surface area contributed by atoms with Gasteiger partial charge >= 0.3 is 0 Å². The van der Waals surface area contributed by atoms with Crippen LogP contribution >= 0.6 is 27.5 Å². The first-order chi connectivity index (χ1) is 9.65. The minimum Gasteiger partial charge on any atom is -0.494 e. The molecule has 0 N–H and O–H groups in total. The molecule has 0 radical (unpaired) electrons. The topological polar surface area (TPSA) is 26.3 Å². The van der Waals surface area contributed by atoms with Gasteiger partial charge in [-0.05, 0) is 42.8 Å². The summed E-state index contributed by atoms with van der Waals surface area (Å²) in [6.45, 7) is 0.518. The molecule has 0 heterocycles. The maximum absolute atomic E-state index is 11.9. The molecule has 4 heteroatoms. The Bertz CT molecular complexity index is 564. The second kappa shape index (κ2) is 7.46. The Morgan fingerprint density at radius 3 is 2.35 bits per heavy atom. The van der Waals surface area contributed by atoms with Crippen LogP contribution in [0.3, 0.4) is 0 Å². The fourth-order valence-electron chi connectivity index (χ4n) is 1.73. The summed E-state index contributed by atoms with van der Waals surface area (Å²) in [6, 6.07) is 14.6. The fourth-order valence-corrected chi connectivity index (χ4v) is 2.12. The third kappa shape index (κ3) is 4.66. The van der Waals surface area contributed by atoms with Crippen LogP contribution in [-0.4, -0.2) is 12.4 Å². The van der Waals surface area contributed by atoms with Gasteiger partial charge in [0.05, 0.1) is 6.61 Å². The Morgan fingerprint density at radius 2 is 1.70 bits per heavy atom. The monoisotopic (exact) mass is 352 g/mol. The van der Waals surface area contributed by atoms with Crippen LogP contribution in [0.1, 0.15) is 23.2 Å². The average molecular weight is 354 g/mol. The molecule has 0 saturated heterocycles. The first-order valence-electron chi connectivity index (χ1n) is 6.32. The van der Waals surface area contributed by atoms with Crippen molar-refractivity contribution < 1.29 is 9.53 Å². The van der Waals surface area contributed by atoms with Crippen LogP contribution < -0.4 is 4.74 Å². The molecule has 0 saturated carbocycles. The lowest BCUT2D eigenvalue weighted by atomic mass is 10.1. The van der Waals surface area contributed by atoms with Crippen molar-refractivity contribution >= 4 is 33.3 Å². The van der Waals surface area contributed by atoms with E-state index in [1.165, 1.54) is 0 Å². The normalized spacial score (nSPS) is 10.3. The predicted octanol–water partition coefficient (Wildman–Crippen LogP) is 5.14. The molecule has 2 aromatic carbocycles. The number of carbonyl (C=O) groups excluding carboxylic acids is 1. The van der Waals surface area contributed by atoms with E-state index >= 15 is 0 Å². The molecule has 0 bridgehead atoms. The van der Waals surface area contributed by atoms with E-state index in [0.29, 0.717) is 24.5 Å². The largest absolute Gasteiger partial charge is 0.494 e. The summed E-state index contributed by atoms with van der Waals surface area (Å²) >= 11 is 9.14. The number of benzene rings is 2. The molecule has 2 rings (SSSR count). The van der Waals surface area contributed by atoms with Crippen LogP contribution in [0, 0.1) is 0 Å². The van der Waals surface area contributed by atoms with Crippen LogP contribution in [0.25, 0.3) is 0 Å². The average Bonchev–Trinajstić information content (AvgIpc) is 2.46. The van der Waals surface area contributed by atoms with Gasteiger partial charge in [0.25, 0.3) is 0 Å². The fraction of sp³-hybridized carbons (Fsp3) is 0.188. The number of carbonyl (C=O) groups is 1. The van der Waals surface area contributed by atoms with Crippen LogP contribution in [0.15, 0.2) is 53.0 Å². The van der Waals surface area contributed by atoms with Gasteiger partial charge in [-0.25, -0.2) is 0 Å². The Hall–Kier alpha value is -1.32. The number of rotatable bonds is 6. The molecule has 0 aliphatic rings. The molecular formula is C16H14BrClO2. The van der Waals surface area contributed by atoms with E-state index in [0.717, 1.165) is 15.8 Å². The van der Waals surface area contributed by atoms with Crippen molar-refractivity contribution in [1.82, 2.24) is 0 Å². The third-order valence-electron chi connectivity index (χ3n) is 2.80. The van der Waals surface area contributed by atoms with E-state index in [9.17, 15) is 4.79 Å². The summed E-state index contributed by atoms with van der Waals surface area (Å²) in [7, 11) is 0. The first-order valence-corrected chi connectivity index (χ1v) is 7.49. The highest BCUT2D eigenvalue weighted by molar-refractivity contribution is 9.10. The third-order valence-corrected chi connectivity index (χ3v) is 3.58. The van der Waals surface area contributed by atoms with Crippen molar-refractivity contribution in [3.63, 3.8) is 0 Å². The van der Waals surface area contributed by atoms with Crippen molar-refractivity contribution in [2.45, 2.75) is 12.8 Å². The van der Waals surface area contributed by atoms with Gasteiger partial charge in [-0.1, -0.05) is 39.7 Å². The molecule has 0 unspecified atom stereocenters. The number of Topliss-reactive ketones (excluding diaryl/α,β-unsaturated/α-hetero) is 1. The highest BCUT2D eigenvalue weighted by Crippen LogP contribution is 2.16. The first kappa shape index (κ1) is 15.1. The second-order valence-corrected chi connectivity index (χ2v) is 5.69. The van der Waals surface area contributed by atoms with Crippen molar-refractivity contribution in [3.05, 3.63) is 63.6 Å². The summed E-state index contributed by atoms with van der Waals surface area (Å²) in [5, 5.41) is 0.683. The summed E-state index contributed by atoms with van der Waals surface area (Å²) in [4.78, 5) is 11.9. The van der Waals surface area contributed by atoms with E-state index in [1.54, 1.807) is 12.1 Å². The Kier molecular flexibility index (Phi) is 5.62. The molecule has 2 aromatic rings. The number of ketones is 1. The van der Waals surface area contributed by atoms with Gasteiger partial charge in [-0.2, -0.15) is 0 Å². The van der Waals surface area contributed by atoms with Crippen LogP contribution in [0.5, 0.6) is 5.75 Å². The number of halogens is 2. The molecule has 0 aromatic heterocycles. The molecule has 0 fully saturated rings. The van der Waals surface area contributed by atoms with Gasteiger partial charge in [0.2, 0.25) is 0 Å². The predicted molar refractivity (Wildman–Crippen MR) is 84.7 cm³/mol. The maximum atomic E-state index is 11.9. The molecule has 0 atom stereocenters. The highest BCUT2D eigenvalue weighted by atomic mass is 79.9. The zero-order valence-electron chi connectivity index (χ0n) is 10.8. The summed E-state index contributed by atoms with van der Waals surface area (Å²) in [6.07, 6.45) is 1.17. The van der Waals surface area contributed by atoms with Crippen molar-refractivity contribution in [3.8, 4) is 5.75 Å². The van der Waals surface area contributed by atoms with Crippen molar-refractivity contribution in [1.29, 1.82) is 0 Å². The number of ether oxygens (including phenoxy) is 1. The molecule has 20 heavy (non-hydrogen) atoms. The lowest BCUT2D eigenvalue weighted by Gasteiger charge is -2.06. The number of hydrogen-bond acceptors (Lipinski definition) is 2. The van der Waals surface area contributed by atoms with Gasteiger partial charge in [-0.3, -0.25) is 4.79 Å². The van der Waals surface area contributed by atoms with Gasteiger partial charge in [0.1, 0.15) is 5.75 Å². The van der Waals surface area contributed by atoms with E-state index in [1.807, 2.05) is 36.4 Å². The van der Waals surface area contributed by atoms with E-state index in [-0.39, 0.29) is 5.78 Å². The molecule has 0 spiro atoms. The SMILES string of the molecule is O=C(CCCOc1ccc(Cl)cc1)c1ccc(Br)cc1. The van der Waals surface area contributed by atoms with E-state index in [2.05, 4.69) is 15.9 Å². The Labute approximate surface area is 131 Å². The second-order valence-electron chi connectivity index (χ2n) is 4.34. The molecule has 104 valence electrons. The van der Waals surface area contributed by atoms with Gasteiger partial charge in [-0.15, -0.1) is 0 Å². The quantitative estimate of drug-likeness (QED) is 0.530. The minimum atomic E-state index is 0.136. The van der Waals surface area contributed by atoms with Crippen LogP contribution in [0.2, 0.25) is 5.02 Å². The maximum Gasteiger partial charge on any atom is 0.163 e. The van der Waals surface area contributed by atoms with Gasteiger partial charge in [0.15, 0.2) is 5.78 Å². The summed E-state index contributed by atoms with van der Waals surface area (Å²) in [5.74, 6) is 0.905. The lowest BCUT2D eigenvalue weighted by molar-refractivity contribution is 0.0973. The molecular weight excluding hydrogens is 340 g/mol. The van der Waals surface area contributed by atoms with Gasteiger partial charge < -0.3 is 4.74 Å². The zero-order valence-corrected chi connectivity index (χ0v) is 13.2. The molecule has 0 aliphatic heterocycles. The lowest BCUT2D eigenvalue weighted by Crippen LogP contribution is -2.03. The van der Waals surface area contributed by atoms with Crippen LogP contribution in [-0.2, 0) is 0 Å². The Balaban J connectivity index is 1.74. The van der Waals surface area contributed by atoms with Crippen molar-refractivity contribution in [2.24, 2.45) is 0 Å². The molecule has 0 aliphatic carbocycles. The van der Waals surface area contributed by atoms with Gasteiger partial charge in [0, 0.05) is 21.5 Å². The van der Waals surface area contributed by atoms with Crippen LogP contribution in [0.4, 0.5) is 0 Å². The highest BCUT2D eigenvalue weighted by Gasteiger charge is 2.05. The molecule has 2 nitrogen and oxygen atoms in total. The van der Waals surface area contributed by atoms with E-state index < -0.39 is 0 Å². The number of hydrogen-bond donors (Lipinski definition) is 0. The summed E-state index contributed by atoms with van der Waals surface area (Å²) in [5.41, 5.74) is 0.736. The summed E-state index contributed by atoms with van der Waals surface area (Å²) < 4.78 is 6.52. The minimum absolute atomic E-state index is 0.136. The smallest absolute Gasteiger partial charge is 0.163 e. The Morgan fingerprint density at radius 1 is 1.05 bits per heavy atom.